The number of para-hydroxylation sites is 1. The second-order valence-electron chi connectivity index (χ2n) is 10.2. The lowest BCUT2D eigenvalue weighted by Gasteiger charge is -2.43. The van der Waals surface area contributed by atoms with Crippen molar-refractivity contribution in [2.75, 3.05) is 49.1 Å². The van der Waals surface area contributed by atoms with E-state index in [0.717, 1.165) is 30.9 Å². The van der Waals surface area contributed by atoms with Gasteiger partial charge in [0, 0.05) is 80.8 Å². The molecule has 2 atom stereocenters. The maximum atomic E-state index is 13.3. The Morgan fingerprint density at radius 1 is 0.865 bits per heavy atom. The lowest BCUT2D eigenvalue weighted by atomic mass is 9.83. The van der Waals surface area contributed by atoms with Crippen LogP contribution in [-0.2, 0) is 6.54 Å². The number of nitrogens with zero attached hydrogens (tertiary/aromatic N) is 5. The Kier molecular flexibility index (Phi) is 5.90. The number of carbonyl (C=O) groups is 1. The summed E-state index contributed by atoms with van der Waals surface area (Å²) in [7, 11) is 0. The monoisotopic (exact) mass is 499 g/mol. The summed E-state index contributed by atoms with van der Waals surface area (Å²) in [4.78, 5) is 43.4. The van der Waals surface area contributed by atoms with Crippen molar-refractivity contribution < 1.29 is 9.72 Å². The highest BCUT2D eigenvalue weighted by atomic mass is 16.6. The van der Waals surface area contributed by atoms with Gasteiger partial charge in [-0.3, -0.25) is 19.7 Å². The molecule has 2 saturated heterocycles. The van der Waals surface area contributed by atoms with Crippen molar-refractivity contribution in [1.29, 1.82) is 0 Å². The fourth-order valence-corrected chi connectivity index (χ4v) is 6.15. The first kappa shape index (κ1) is 23.3. The van der Waals surface area contributed by atoms with E-state index in [-0.39, 0.29) is 33.9 Å². The molecule has 1 aromatic heterocycles. The molecule has 3 aliphatic rings. The van der Waals surface area contributed by atoms with Crippen molar-refractivity contribution in [2.45, 2.75) is 18.9 Å². The average Bonchev–Trinajstić information content (AvgIpc) is 2.93. The number of piperidine rings is 1. The third-order valence-electron chi connectivity index (χ3n) is 7.93. The Morgan fingerprint density at radius 2 is 1.65 bits per heavy atom. The van der Waals surface area contributed by atoms with Crippen molar-refractivity contribution in [1.82, 2.24) is 9.47 Å². The molecule has 0 saturated carbocycles. The molecule has 2 aromatic carbocycles. The Morgan fingerprint density at radius 3 is 2.41 bits per heavy atom. The van der Waals surface area contributed by atoms with E-state index >= 15 is 0 Å². The first-order valence-corrected chi connectivity index (χ1v) is 12.8. The first-order chi connectivity index (χ1) is 18.0. The van der Waals surface area contributed by atoms with Crippen LogP contribution in [-0.4, -0.2) is 59.6 Å². The predicted molar refractivity (Wildman–Crippen MR) is 141 cm³/mol. The second kappa shape index (κ2) is 9.38. The molecule has 3 aromatic rings. The first-order valence-electron chi connectivity index (χ1n) is 12.8. The van der Waals surface area contributed by atoms with Crippen LogP contribution in [0.3, 0.4) is 0 Å². The molecule has 0 spiro atoms. The lowest BCUT2D eigenvalue weighted by molar-refractivity contribution is -0.384. The summed E-state index contributed by atoms with van der Waals surface area (Å²) < 4.78 is 1.85. The highest BCUT2D eigenvalue weighted by Gasteiger charge is 2.36. The molecular formula is C28H29N5O4. The predicted octanol–water partition coefficient (Wildman–Crippen LogP) is 3.34. The summed E-state index contributed by atoms with van der Waals surface area (Å²) in [5.41, 5.74) is 2.99. The fourth-order valence-electron chi connectivity index (χ4n) is 6.15. The zero-order valence-electron chi connectivity index (χ0n) is 20.5. The number of nitro groups is 1. The summed E-state index contributed by atoms with van der Waals surface area (Å²) in [5, 5.41) is 12.1. The van der Waals surface area contributed by atoms with E-state index in [2.05, 4.69) is 21.9 Å². The fraction of sp³-hybridized carbons (Fsp3) is 0.357. The molecule has 3 aliphatic heterocycles. The summed E-state index contributed by atoms with van der Waals surface area (Å²) in [6, 6.07) is 20.3. The van der Waals surface area contributed by atoms with Gasteiger partial charge in [-0.05, 0) is 42.7 Å². The molecule has 2 bridgehead atoms. The third-order valence-corrected chi connectivity index (χ3v) is 7.93. The van der Waals surface area contributed by atoms with Crippen LogP contribution in [0.15, 0.2) is 71.5 Å². The SMILES string of the molecule is O=C(c1ccc(N2CC3CC(C2)c2cccc(=O)n2C3)c([N+](=O)[O-])c1)N1CCN(c2ccccc2)CC1. The second-order valence-corrected chi connectivity index (χ2v) is 10.2. The number of hydrogen-bond acceptors (Lipinski definition) is 6. The van der Waals surface area contributed by atoms with Crippen LogP contribution in [0.5, 0.6) is 0 Å². The van der Waals surface area contributed by atoms with Crippen molar-refractivity contribution in [3.63, 3.8) is 0 Å². The molecule has 9 nitrogen and oxygen atoms in total. The largest absolute Gasteiger partial charge is 0.368 e. The molecule has 6 rings (SSSR count). The maximum absolute atomic E-state index is 13.3. The number of rotatable bonds is 4. The number of nitro benzene ring substituents is 1. The zero-order chi connectivity index (χ0) is 25.5. The van der Waals surface area contributed by atoms with Crippen LogP contribution in [0.4, 0.5) is 17.1 Å². The van der Waals surface area contributed by atoms with E-state index < -0.39 is 0 Å². The molecule has 0 radical (unpaired) electrons. The molecule has 37 heavy (non-hydrogen) atoms. The smallest absolute Gasteiger partial charge is 0.293 e. The Balaban J connectivity index is 1.20. The Hall–Kier alpha value is -4.14. The van der Waals surface area contributed by atoms with E-state index in [0.29, 0.717) is 44.0 Å². The van der Waals surface area contributed by atoms with Crippen LogP contribution in [0.25, 0.3) is 0 Å². The lowest BCUT2D eigenvalue weighted by Crippen LogP contribution is -2.48. The van der Waals surface area contributed by atoms with Gasteiger partial charge in [-0.15, -0.1) is 0 Å². The quantitative estimate of drug-likeness (QED) is 0.404. The number of fused-ring (bicyclic) bond motifs is 4. The minimum atomic E-state index is -0.387. The Labute approximate surface area is 214 Å². The van der Waals surface area contributed by atoms with Gasteiger partial charge < -0.3 is 19.3 Å². The van der Waals surface area contributed by atoms with Gasteiger partial charge in [-0.1, -0.05) is 24.3 Å². The van der Waals surface area contributed by atoms with Gasteiger partial charge in [-0.2, -0.15) is 0 Å². The number of piperazine rings is 1. The number of aromatic nitrogens is 1. The number of benzene rings is 2. The molecule has 0 N–H and O–H groups in total. The maximum Gasteiger partial charge on any atom is 0.293 e. The van der Waals surface area contributed by atoms with E-state index in [1.54, 1.807) is 29.2 Å². The number of anilines is 2. The van der Waals surface area contributed by atoms with Crippen molar-refractivity contribution >= 4 is 23.0 Å². The minimum absolute atomic E-state index is 0.0131. The molecule has 2 fully saturated rings. The average molecular weight is 500 g/mol. The van der Waals surface area contributed by atoms with Crippen LogP contribution in [0.1, 0.15) is 28.4 Å². The highest BCUT2D eigenvalue weighted by Crippen LogP contribution is 2.40. The van der Waals surface area contributed by atoms with Crippen molar-refractivity contribution in [3.8, 4) is 0 Å². The minimum Gasteiger partial charge on any atom is -0.368 e. The van der Waals surface area contributed by atoms with Crippen LogP contribution < -0.4 is 15.4 Å². The van der Waals surface area contributed by atoms with Crippen molar-refractivity contribution in [3.05, 3.63) is 98.5 Å². The van der Waals surface area contributed by atoms with E-state index in [1.807, 2.05) is 28.8 Å². The van der Waals surface area contributed by atoms with Gasteiger partial charge in [0.05, 0.1) is 4.92 Å². The van der Waals surface area contributed by atoms with Gasteiger partial charge in [0.25, 0.3) is 17.2 Å². The highest BCUT2D eigenvalue weighted by molar-refractivity contribution is 5.96. The standard InChI is InChI=1S/C28H29N5O4/c34-27-8-4-7-24-22-15-20(18-32(24)27)17-31(19-22)25-10-9-21(16-26(25)33(36)37)28(35)30-13-11-29(12-14-30)23-5-2-1-3-6-23/h1-10,16,20,22H,11-15,17-19H2. The normalized spacial score (nSPS) is 20.9. The van der Waals surface area contributed by atoms with E-state index in [9.17, 15) is 19.7 Å². The van der Waals surface area contributed by atoms with Crippen LogP contribution >= 0.6 is 0 Å². The number of pyridine rings is 1. The molecule has 9 heteroatoms. The zero-order valence-corrected chi connectivity index (χ0v) is 20.5. The molecule has 2 unspecified atom stereocenters. The number of amides is 1. The number of carbonyl (C=O) groups excluding carboxylic acids is 1. The van der Waals surface area contributed by atoms with Gasteiger partial charge in [0.1, 0.15) is 5.69 Å². The van der Waals surface area contributed by atoms with Gasteiger partial charge in [-0.25, -0.2) is 0 Å². The van der Waals surface area contributed by atoms with Crippen molar-refractivity contribution in [2.24, 2.45) is 5.92 Å². The van der Waals surface area contributed by atoms with Gasteiger partial charge >= 0.3 is 0 Å². The summed E-state index contributed by atoms with van der Waals surface area (Å²) in [6.07, 6.45) is 0.972. The summed E-state index contributed by atoms with van der Waals surface area (Å²) >= 11 is 0. The summed E-state index contributed by atoms with van der Waals surface area (Å²) in [5.74, 6) is 0.211. The third kappa shape index (κ3) is 4.34. The molecular weight excluding hydrogens is 470 g/mol. The molecule has 4 heterocycles. The van der Waals surface area contributed by atoms with E-state index in [1.165, 1.54) is 6.07 Å². The van der Waals surface area contributed by atoms with Crippen LogP contribution in [0, 0.1) is 16.0 Å². The Bertz CT molecular complexity index is 1400. The van der Waals surface area contributed by atoms with Gasteiger partial charge in [0.2, 0.25) is 0 Å². The number of hydrogen-bond donors (Lipinski definition) is 0. The molecule has 190 valence electrons. The molecule has 1 amide bonds. The van der Waals surface area contributed by atoms with Crippen LogP contribution in [0.2, 0.25) is 0 Å². The molecule has 0 aliphatic carbocycles. The van der Waals surface area contributed by atoms with E-state index in [4.69, 9.17) is 0 Å². The van der Waals surface area contributed by atoms with Gasteiger partial charge in [0.15, 0.2) is 0 Å². The topological polar surface area (TPSA) is 91.9 Å². The summed E-state index contributed by atoms with van der Waals surface area (Å²) in [6.45, 7) is 4.45.